The molecule has 19 heavy (non-hydrogen) atoms. The summed E-state index contributed by atoms with van der Waals surface area (Å²) < 4.78 is 6.54. The Kier molecular flexibility index (Phi) is 2.71. The van der Waals surface area contributed by atoms with E-state index >= 15 is 0 Å². The average molecular weight is 263 g/mol. The van der Waals surface area contributed by atoms with Crippen LogP contribution in [0.3, 0.4) is 0 Å². The smallest absolute Gasteiger partial charge is 0.356 e. The van der Waals surface area contributed by atoms with Gasteiger partial charge in [-0.1, -0.05) is 0 Å². The Balaban J connectivity index is 2.17. The van der Waals surface area contributed by atoms with Gasteiger partial charge in [0, 0.05) is 13.1 Å². The molecular formula is C11H13N5O3. The predicted molar refractivity (Wildman–Crippen MR) is 67.4 cm³/mol. The van der Waals surface area contributed by atoms with Crippen molar-refractivity contribution in [1.29, 1.82) is 0 Å². The first-order valence-electron chi connectivity index (χ1n) is 5.88. The van der Waals surface area contributed by atoms with E-state index in [1.54, 1.807) is 12.1 Å². The number of aromatic carboxylic acids is 1. The molecule has 8 nitrogen and oxygen atoms in total. The maximum atomic E-state index is 11.5. The molecule has 3 rings (SSSR count). The van der Waals surface area contributed by atoms with Gasteiger partial charge in [-0.15, -0.1) is 5.10 Å². The zero-order chi connectivity index (χ0) is 13.4. The molecule has 1 aliphatic heterocycles. The zero-order valence-corrected chi connectivity index (χ0v) is 10.1. The van der Waals surface area contributed by atoms with Crippen LogP contribution in [0.1, 0.15) is 10.5 Å². The average Bonchev–Trinajstić information content (AvgIpc) is 2.78. The molecule has 0 atom stereocenters. The highest BCUT2D eigenvalue weighted by atomic mass is 16.5. The standard InChI is InChI=1S/C11H13N5O3/c12-11-13-8-2-1-7(15-3-5-19-6-4-15)9(10(17)18)16(8)14-11/h1-2H,3-6H2,(H2,12,14)(H,17,18). The van der Waals surface area contributed by atoms with Gasteiger partial charge in [0.25, 0.3) is 0 Å². The van der Waals surface area contributed by atoms with Crippen LogP contribution in [0.25, 0.3) is 5.65 Å². The summed E-state index contributed by atoms with van der Waals surface area (Å²) in [5, 5.41) is 13.4. The maximum Gasteiger partial charge on any atom is 0.356 e. The number of nitrogens with zero attached hydrogens (tertiary/aromatic N) is 4. The highest BCUT2D eigenvalue weighted by Gasteiger charge is 2.22. The molecule has 0 bridgehead atoms. The van der Waals surface area contributed by atoms with Crippen LogP contribution in [0.4, 0.5) is 11.6 Å². The van der Waals surface area contributed by atoms with Gasteiger partial charge in [-0.25, -0.2) is 9.31 Å². The third-order valence-corrected chi connectivity index (χ3v) is 3.05. The van der Waals surface area contributed by atoms with Crippen LogP contribution in [0, 0.1) is 0 Å². The van der Waals surface area contributed by atoms with Crippen LogP contribution in [0.5, 0.6) is 0 Å². The number of carbonyl (C=O) groups is 1. The van der Waals surface area contributed by atoms with Crippen molar-refractivity contribution in [2.45, 2.75) is 0 Å². The van der Waals surface area contributed by atoms with Gasteiger partial charge in [-0.05, 0) is 12.1 Å². The third kappa shape index (κ3) is 1.95. The van der Waals surface area contributed by atoms with Crippen molar-refractivity contribution in [3.05, 3.63) is 17.8 Å². The van der Waals surface area contributed by atoms with Crippen LogP contribution in [0.2, 0.25) is 0 Å². The molecule has 0 aromatic carbocycles. The van der Waals surface area contributed by atoms with Crippen LogP contribution in [0.15, 0.2) is 12.1 Å². The Morgan fingerprint density at radius 2 is 2.11 bits per heavy atom. The molecule has 0 amide bonds. The van der Waals surface area contributed by atoms with Crippen LogP contribution >= 0.6 is 0 Å². The number of nitrogens with two attached hydrogens (primary N) is 1. The highest BCUT2D eigenvalue weighted by molar-refractivity contribution is 5.93. The van der Waals surface area contributed by atoms with E-state index in [2.05, 4.69) is 10.1 Å². The van der Waals surface area contributed by atoms with Gasteiger partial charge in [0.1, 0.15) is 0 Å². The number of carboxylic acid groups (broad SMARTS) is 1. The summed E-state index contributed by atoms with van der Waals surface area (Å²) in [6.45, 7) is 2.46. The summed E-state index contributed by atoms with van der Waals surface area (Å²) in [5.74, 6) is -1.00. The molecule has 0 spiro atoms. The Hall–Kier alpha value is -2.35. The summed E-state index contributed by atoms with van der Waals surface area (Å²) in [4.78, 5) is 17.4. The van der Waals surface area contributed by atoms with Gasteiger partial charge in [0.15, 0.2) is 11.3 Å². The molecule has 2 aromatic heterocycles. The second-order valence-corrected chi connectivity index (χ2v) is 4.21. The van der Waals surface area contributed by atoms with Gasteiger partial charge < -0.3 is 20.5 Å². The van der Waals surface area contributed by atoms with Crippen molar-refractivity contribution in [1.82, 2.24) is 14.6 Å². The fraction of sp³-hybridized carbons (Fsp3) is 0.364. The molecule has 1 aliphatic rings. The van der Waals surface area contributed by atoms with E-state index in [1.807, 2.05) is 4.90 Å². The number of anilines is 2. The van der Waals surface area contributed by atoms with Crippen molar-refractivity contribution in [3.8, 4) is 0 Å². The van der Waals surface area contributed by atoms with E-state index in [0.717, 1.165) is 0 Å². The molecule has 0 unspecified atom stereocenters. The molecule has 1 fully saturated rings. The number of fused-ring (bicyclic) bond motifs is 1. The van der Waals surface area contributed by atoms with Crippen LogP contribution < -0.4 is 10.6 Å². The molecule has 0 saturated carbocycles. The van der Waals surface area contributed by atoms with E-state index in [9.17, 15) is 9.90 Å². The molecular weight excluding hydrogens is 250 g/mol. The van der Waals surface area contributed by atoms with Gasteiger partial charge in [0.05, 0.1) is 18.9 Å². The van der Waals surface area contributed by atoms with E-state index in [0.29, 0.717) is 37.6 Å². The number of hydrogen-bond acceptors (Lipinski definition) is 6. The monoisotopic (exact) mass is 263 g/mol. The topological polar surface area (TPSA) is 106 Å². The number of hydrogen-bond donors (Lipinski definition) is 2. The fourth-order valence-corrected chi connectivity index (χ4v) is 2.21. The maximum absolute atomic E-state index is 11.5. The number of aromatic nitrogens is 3. The van der Waals surface area contributed by atoms with E-state index in [4.69, 9.17) is 10.5 Å². The van der Waals surface area contributed by atoms with Crippen LogP contribution in [-0.4, -0.2) is 52.0 Å². The van der Waals surface area contributed by atoms with Crippen LogP contribution in [-0.2, 0) is 4.74 Å². The minimum Gasteiger partial charge on any atom is -0.476 e. The summed E-state index contributed by atoms with van der Waals surface area (Å²) in [6.07, 6.45) is 0. The summed E-state index contributed by atoms with van der Waals surface area (Å²) in [5.41, 5.74) is 6.62. The highest BCUT2D eigenvalue weighted by Crippen LogP contribution is 2.23. The minimum absolute atomic E-state index is 0.0571. The fourth-order valence-electron chi connectivity index (χ4n) is 2.21. The normalized spacial score (nSPS) is 15.9. The number of ether oxygens (including phenoxy) is 1. The van der Waals surface area contributed by atoms with E-state index < -0.39 is 5.97 Å². The second kappa shape index (κ2) is 4.39. The molecule has 0 radical (unpaired) electrons. The molecule has 8 heteroatoms. The largest absolute Gasteiger partial charge is 0.476 e. The first-order chi connectivity index (χ1) is 9.16. The minimum atomic E-state index is -1.06. The van der Waals surface area contributed by atoms with Crippen molar-refractivity contribution < 1.29 is 14.6 Å². The number of morpholine rings is 1. The number of pyridine rings is 1. The Morgan fingerprint density at radius 3 is 2.79 bits per heavy atom. The van der Waals surface area contributed by atoms with Gasteiger partial charge in [-0.3, -0.25) is 0 Å². The van der Waals surface area contributed by atoms with Crippen molar-refractivity contribution in [2.75, 3.05) is 36.9 Å². The lowest BCUT2D eigenvalue weighted by atomic mass is 10.2. The molecule has 3 N–H and O–H groups in total. The summed E-state index contributed by atoms with van der Waals surface area (Å²) >= 11 is 0. The van der Waals surface area contributed by atoms with E-state index in [-0.39, 0.29) is 11.6 Å². The zero-order valence-electron chi connectivity index (χ0n) is 10.1. The Labute approximate surface area is 108 Å². The third-order valence-electron chi connectivity index (χ3n) is 3.05. The summed E-state index contributed by atoms with van der Waals surface area (Å²) in [7, 11) is 0. The van der Waals surface area contributed by atoms with Gasteiger partial charge >= 0.3 is 5.97 Å². The molecule has 100 valence electrons. The van der Waals surface area contributed by atoms with Gasteiger partial charge in [0.2, 0.25) is 5.95 Å². The van der Waals surface area contributed by atoms with Crippen molar-refractivity contribution >= 4 is 23.3 Å². The first-order valence-corrected chi connectivity index (χ1v) is 5.88. The molecule has 0 aliphatic carbocycles. The molecule has 1 saturated heterocycles. The van der Waals surface area contributed by atoms with Crippen molar-refractivity contribution in [2.24, 2.45) is 0 Å². The Morgan fingerprint density at radius 1 is 1.37 bits per heavy atom. The number of carboxylic acids is 1. The number of nitrogen functional groups attached to an aromatic ring is 1. The van der Waals surface area contributed by atoms with Gasteiger partial charge in [-0.2, -0.15) is 4.98 Å². The predicted octanol–water partition coefficient (Wildman–Crippen LogP) is -0.154. The molecule has 2 aromatic rings. The first kappa shape index (κ1) is 11.7. The quantitative estimate of drug-likeness (QED) is 0.775. The summed E-state index contributed by atoms with van der Waals surface area (Å²) in [6, 6.07) is 3.44. The van der Waals surface area contributed by atoms with Crippen molar-refractivity contribution in [3.63, 3.8) is 0 Å². The number of rotatable bonds is 2. The lowest BCUT2D eigenvalue weighted by Gasteiger charge is -2.29. The second-order valence-electron chi connectivity index (χ2n) is 4.21. The molecule has 3 heterocycles. The lowest BCUT2D eigenvalue weighted by molar-refractivity contribution is 0.0687. The lowest BCUT2D eigenvalue weighted by Crippen LogP contribution is -2.37. The SMILES string of the molecule is Nc1nc2ccc(N3CCOCC3)c(C(=O)O)n2n1. The van der Waals surface area contributed by atoms with E-state index in [1.165, 1.54) is 4.52 Å². The Bertz CT molecular complexity index is 633.